The van der Waals surface area contributed by atoms with E-state index in [-0.39, 0.29) is 23.9 Å². The lowest BCUT2D eigenvalue weighted by Gasteiger charge is -2.13. The number of alkyl halides is 3. The summed E-state index contributed by atoms with van der Waals surface area (Å²) in [5.74, 6) is 0. The monoisotopic (exact) mass is 324 g/mol. The summed E-state index contributed by atoms with van der Waals surface area (Å²) in [6, 6.07) is 6.29. The van der Waals surface area contributed by atoms with Crippen LogP contribution >= 0.6 is 0 Å². The average molecular weight is 324 g/mol. The topological polar surface area (TPSA) is 58.2 Å². The van der Waals surface area contributed by atoms with E-state index < -0.39 is 22.6 Å². The van der Waals surface area contributed by atoms with E-state index in [0.29, 0.717) is 0 Å². The van der Waals surface area contributed by atoms with Crippen LogP contribution < -0.4 is 10.0 Å². The molecule has 1 aromatic carbocycles. The van der Waals surface area contributed by atoms with E-state index in [1.165, 1.54) is 12.1 Å². The van der Waals surface area contributed by atoms with Gasteiger partial charge in [-0.3, -0.25) is 0 Å². The van der Waals surface area contributed by atoms with Crippen LogP contribution in [0.5, 0.6) is 0 Å². The smallest absolute Gasteiger partial charge is 0.313 e. The largest absolute Gasteiger partial charge is 0.389 e. The normalized spacial score (nSPS) is 14.1. The van der Waals surface area contributed by atoms with Crippen molar-refractivity contribution in [2.24, 2.45) is 0 Å². The second kappa shape index (κ2) is 7.24. The first-order valence-corrected chi connectivity index (χ1v) is 7.97. The molecular weight excluding hydrogens is 305 g/mol. The Labute approximate surface area is 122 Å². The van der Waals surface area contributed by atoms with Crippen molar-refractivity contribution in [1.82, 2.24) is 10.0 Å². The Kier molecular flexibility index (Phi) is 6.18. The number of hydrogen-bond acceptors (Lipinski definition) is 3. The summed E-state index contributed by atoms with van der Waals surface area (Å²) in [6.45, 7) is 1.64. The molecule has 1 aromatic rings. The molecule has 0 spiro atoms. The van der Waals surface area contributed by atoms with Gasteiger partial charge in [0.2, 0.25) is 10.0 Å². The standard InChI is InChI=1S/C13H19F3N2O2S/c1-10(17-2)11-5-3-6-12(9-11)21(19,20)18-8-4-7-13(14,15)16/h3,5-6,9-10,17-18H,4,7-8H2,1-2H3. The van der Waals surface area contributed by atoms with E-state index >= 15 is 0 Å². The number of benzene rings is 1. The van der Waals surface area contributed by atoms with Crippen LogP contribution in [0.25, 0.3) is 0 Å². The Morgan fingerprint density at radius 2 is 1.95 bits per heavy atom. The number of sulfonamides is 1. The minimum absolute atomic E-state index is 0.0228. The van der Waals surface area contributed by atoms with Crippen LogP contribution in [-0.4, -0.2) is 28.2 Å². The predicted octanol–water partition coefficient (Wildman–Crippen LogP) is 2.59. The lowest BCUT2D eigenvalue weighted by molar-refractivity contribution is -0.135. The van der Waals surface area contributed by atoms with Gasteiger partial charge >= 0.3 is 6.18 Å². The van der Waals surface area contributed by atoms with Crippen molar-refractivity contribution in [2.45, 2.75) is 36.9 Å². The molecule has 0 radical (unpaired) electrons. The van der Waals surface area contributed by atoms with Crippen LogP contribution in [0.2, 0.25) is 0 Å². The van der Waals surface area contributed by atoms with Gasteiger partial charge in [-0.05, 0) is 38.1 Å². The molecule has 0 aliphatic carbocycles. The fourth-order valence-electron chi connectivity index (χ4n) is 1.70. The molecule has 0 saturated heterocycles. The predicted molar refractivity (Wildman–Crippen MR) is 74.4 cm³/mol. The van der Waals surface area contributed by atoms with Gasteiger partial charge in [0, 0.05) is 19.0 Å². The first kappa shape index (κ1) is 17.9. The molecule has 0 fully saturated rings. The fraction of sp³-hybridized carbons (Fsp3) is 0.538. The van der Waals surface area contributed by atoms with Crippen LogP contribution in [0.3, 0.4) is 0 Å². The Balaban J connectivity index is 2.70. The summed E-state index contributed by atoms with van der Waals surface area (Å²) in [4.78, 5) is 0.0501. The number of hydrogen-bond donors (Lipinski definition) is 2. The maximum Gasteiger partial charge on any atom is 0.389 e. The molecule has 0 heterocycles. The lowest BCUT2D eigenvalue weighted by atomic mass is 10.1. The second-order valence-electron chi connectivity index (χ2n) is 4.70. The Bertz CT molecular complexity index is 559. The quantitative estimate of drug-likeness (QED) is 0.758. The van der Waals surface area contributed by atoms with Crippen LogP contribution in [0.1, 0.15) is 31.4 Å². The zero-order valence-corrected chi connectivity index (χ0v) is 12.7. The van der Waals surface area contributed by atoms with E-state index in [2.05, 4.69) is 10.0 Å². The Morgan fingerprint density at radius 1 is 1.29 bits per heavy atom. The number of rotatable bonds is 7. The summed E-state index contributed by atoms with van der Waals surface area (Å²) in [7, 11) is -2.04. The molecule has 8 heteroatoms. The minimum Gasteiger partial charge on any atom is -0.313 e. The summed E-state index contributed by atoms with van der Waals surface area (Å²) < 4.78 is 62.2. The van der Waals surface area contributed by atoms with Crippen molar-refractivity contribution in [2.75, 3.05) is 13.6 Å². The van der Waals surface area contributed by atoms with Crippen LogP contribution in [0.15, 0.2) is 29.2 Å². The van der Waals surface area contributed by atoms with Crippen LogP contribution in [0, 0.1) is 0 Å². The number of nitrogens with one attached hydrogen (secondary N) is 2. The summed E-state index contributed by atoms with van der Waals surface area (Å²) in [6.07, 6.45) is -5.56. The maximum atomic E-state index is 12.0. The molecule has 0 bridgehead atoms. The zero-order valence-electron chi connectivity index (χ0n) is 11.9. The summed E-state index contributed by atoms with van der Waals surface area (Å²) in [5, 5.41) is 2.99. The van der Waals surface area contributed by atoms with Crippen molar-refractivity contribution in [3.8, 4) is 0 Å². The highest BCUT2D eigenvalue weighted by molar-refractivity contribution is 7.89. The minimum atomic E-state index is -4.27. The molecule has 21 heavy (non-hydrogen) atoms. The van der Waals surface area contributed by atoms with E-state index in [1.54, 1.807) is 19.2 Å². The van der Waals surface area contributed by atoms with Gasteiger partial charge in [-0.25, -0.2) is 13.1 Å². The first-order chi connectivity index (χ1) is 9.65. The van der Waals surface area contributed by atoms with Crippen molar-refractivity contribution in [3.05, 3.63) is 29.8 Å². The zero-order chi connectivity index (χ0) is 16.1. The maximum absolute atomic E-state index is 12.0. The molecule has 1 unspecified atom stereocenters. The molecular formula is C13H19F3N2O2S. The summed E-state index contributed by atoms with van der Waals surface area (Å²) >= 11 is 0. The molecule has 1 rings (SSSR count). The van der Waals surface area contributed by atoms with Gasteiger partial charge in [0.05, 0.1) is 4.90 Å². The second-order valence-corrected chi connectivity index (χ2v) is 6.47. The molecule has 0 aromatic heterocycles. The molecule has 2 N–H and O–H groups in total. The van der Waals surface area contributed by atoms with Gasteiger partial charge in [0.15, 0.2) is 0 Å². The molecule has 4 nitrogen and oxygen atoms in total. The third-order valence-electron chi connectivity index (χ3n) is 3.03. The van der Waals surface area contributed by atoms with Crippen LogP contribution in [-0.2, 0) is 10.0 Å². The lowest BCUT2D eigenvalue weighted by Crippen LogP contribution is -2.26. The van der Waals surface area contributed by atoms with Gasteiger partial charge in [-0.1, -0.05) is 12.1 Å². The van der Waals surface area contributed by atoms with Crippen molar-refractivity contribution in [3.63, 3.8) is 0 Å². The highest BCUT2D eigenvalue weighted by Gasteiger charge is 2.26. The highest BCUT2D eigenvalue weighted by Crippen LogP contribution is 2.21. The van der Waals surface area contributed by atoms with Crippen molar-refractivity contribution in [1.29, 1.82) is 0 Å². The Hall–Kier alpha value is -1.12. The molecule has 0 aliphatic rings. The van der Waals surface area contributed by atoms with Gasteiger partial charge < -0.3 is 5.32 Å². The van der Waals surface area contributed by atoms with Gasteiger partial charge in [0.25, 0.3) is 0 Å². The Morgan fingerprint density at radius 3 is 2.52 bits per heavy atom. The van der Waals surface area contributed by atoms with Crippen LogP contribution in [0.4, 0.5) is 13.2 Å². The average Bonchev–Trinajstić information content (AvgIpc) is 2.42. The van der Waals surface area contributed by atoms with Crippen molar-refractivity contribution >= 4 is 10.0 Å². The molecule has 0 saturated carbocycles. The number of halogens is 3. The first-order valence-electron chi connectivity index (χ1n) is 6.49. The van der Waals surface area contributed by atoms with Crippen molar-refractivity contribution < 1.29 is 21.6 Å². The molecule has 0 aliphatic heterocycles. The summed E-state index contributed by atoms with van der Waals surface area (Å²) in [5.41, 5.74) is 0.788. The van der Waals surface area contributed by atoms with E-state index in [1.807, 2.05) is 6.92 Å². The van der Waals surface area contributed by atoms with Gasteiger partial charge in [-0.15, -0.1) is 0 Å². The third kappa shape index (κ3) is 6.03. The fourth-order valence-corrected chi connectivity index (χ4v) is 2.83. The van der Waals surface area contributed by atoms with E-state index in [0.717, 1.165) is 5.56 Å². The highest BCUT2D eigenvalue weighted by atomic mass is 32.2. The van der Waals surface area contributed by atoms with Gasteiger partial charge in [-0.2, -0.15) is 13.2 Å². The SMILES string of the molecule is CNC(C)c1cccc(S(=O)(=O)NCCCC(F)(F)F)c1. The molecule has 0 amide bonds. The van der Waals surface area contributed by atoms with Gasteiger partial charge in [0.1, 0.15) is 0 Å². The van der Waals surface area contributed by atoms with E-state index in [9.17, 15) is 21.6 Å². The molecule has 1 atom stereocenters. The van der Waals surface area contributed by atoms with E-state index in [4.69, 9.17) is 0 Å². The third-order valence-corrected chi connectivity index (χ3v) is 4.49. The molecule has 120 valence electrons.